The molecule has 21 heavy (non-hydrogen) atoms. The summed E-state index contributed by atoms with van der Waals surface area (Å²) in [6.45, 7) is 0. The fourth-order valence-corrected chi connectivity index (χ4v) is 2.02. The van der Waals surface area contributed by atoms with Gasteiger partial charge in [0, 0.05) is 25.3 Å². The minimum Gasteiger partial charge on any atom is -0.345 e. The number of amides is 2. The lowest BCUT2D eigenvalue weighted by molar-refractivity contribution is 0.0827. The second-order valence-corrected chi connectivity index (χ2v) is 5.12. The third-order valence-corrected chi connectivity index (χ3v) is 3.24. The molecule has 4 nitrogen and oxygen atoms in total. The summed E-state index contributed by atoms with van der Waals surface area (Å²) < 4.78 is 0. The van der Waals surface area contributed by atoms with E-state index in [1.54, 1.807) is 62.6 Å². The second-order valence-electron chi connectivity index (χ2n) is 4.71. The molecular formula is C16H15ClN2O2. The highest BCUT2D eigenvalue weighted by molar-refractivity contribution is 6.34. The monoisotopic (exact) mass is 302 g/mol. The van der Waals surface area contributed by atoms with E-state index in [0.29, 0.717) is 21.8 Å². The first kappa shape index (κ1) is 15.1. The topological polar surface area (TPSA) is 49.4 Å². The van der Waals surface area contributed by atoms with Gasteiger partial charge in [-0.2, -0.15) is 0 Å². The predicted molar refractivity (Wildman–Crippen MR) is 83.9 cm³/mol. The predicted octanol–water partition coefficient (Wildman–Crippen LogP) is 3.29. The lowest BCUT2D eigenvalue weighted by Gasteiger charge is -2.11. The Morgan fingerprint density at radius 1 is 1.00 bits per heavy atom. The van der Waals surface area contributed by atoms with Crippen molar-refractivity contribution in [1.82, 2.24) is 4.90 Å². The number of carbonyl (C=O) groups excluding carboxylic acids is 2. The third kappa shape index (κ3) is 3.61. The molecule has 108 valence electrons. The molecule has 0 aliphatic rings. The van der Waals surface area contributed by atoms with E-state index in [-0.39, 0.29) is 11.8 Å². The van der Waals surface area contributed by atoms with Crippen molar-refractivity contribution in [3.05, 3.63) is 64.7 Å². The molecule has 2 aromatic rings. The van der Waals surface area contributed by atoms with E-state index in [1.165, 1.54) is 4.90 Å². The Morgan fingerprint density at radius 2 is 1.62 bits per heavy atom. The van der Waals surface area contributed by atoms with Crippen LogP contribution in [0.25, 0.3) is 0 Å². The van der Waals surface area contributed by atoms with Crippen LogP contribution >= 0.6 is 11.6 Å². The molecule has 0 saturated heterocycles. The molecule has 0 atom stereocenters. The first-order valence-corrected chi connectivity index (χ1v) is 6.74. The Bertz CT molecular complexity index is 666. The summed E-state index contributed by atoms with van der Waals surface area (Å²) in [7, 11) is 3.38. The number of carbonyl (C=O) groups is 2. The number of anilines is 1. The van der Waals surface area contributed by atoms with Gasteiger partial charge in [-0.3, -0.25) is 9.59 Å². The van der Waals surface area contributed by atoms with E-state index >= 15 is 0 Å². The van der Waals surface area contributed by atoms with Crippen molar-refractivity contribution in [2.45, 2.75) is 0 Å². The molecule has 5 heteroatoms. The van der Waals surface area contributed by atoms with Crippen LogP contribution in [0, 0.1) is 0 Å². The first-order chi connectivity index (χ1) is 9.99. The molecule has 0 fully saturated rings. The van der Waals surface area contributed by atoms with Crippen molar-refractivity contribution >= 4 is 29.1 Å². The highest BCUT2D eigenvalue weighted by Crippen LogP contribution is 2.17. The summed E-state index contributed by atoms with van der Waals surface area (Å²) in [4.78, 5) is 25.4. The first-order valence-electron chi connectivity index (χ1n) is 6.36. The number of hydrogen-bond acceptors (Lipinski definition) is 2. The quantitative estimate of drug-likeness (QED) is 0.946. The van der Waals surface area contributed by atoms with Crippen LogP contribution in [0.5, 0.6) is 0 Å². The van der Waals surface area contributed by atoms with Crippen LogP contribution in [0.1, 0.15) is 20.7 Å². The average Bonchev–Trinajstić information content (AvgIpc) is 2.47. The van der Waals surface area contributed by atoms with Crippen molar-refractivity contribution in [3.63, 3.8) is 0 Å². The van der Waals surface area contributed by atoms with E-state index in [2.05, 4.69) is 5.32 Å². The third-order valence-electron chi connectivity index (χ3n) is 2.91. The maximum atomic E-state index is 12.1. The van der Waals surface area contributed by atoms with Crippen LogP contribution in [0.3, 0.4) is 0 Å². The van der Waals surface area contributed by atoms with Crippen LogP contribution in [-0.2, 0) is 0 Å². The van der Waals surface area contributed by atoms with Gasteiger partial charge >= 0.3 is 0 Å². The molecule has 1 N–H and O–H groups in total. The van der Waals surface area contributed by atoms with Gasteiger partial charge in [0.15, 0.2) is 0 Å². The zero-order valence-corrected chi connectivity index (χ0v) is 12.5. The van der Waals surface area contributed by atoms with Crippen molar-refractivity contribution in [2.75, 3.05) is 19.4 Å². The fraction of sp³-hybridized carbons (Fsp3) is 0.125. The lowest BCUT2D eigenvalue weighted by atomic mass is 10.1. The zero-order chi connectivity index (χ0) is 15.4. The summed E-state index contributed by atoms with van der Waals surface area (Å²) in [5, 5.41) is 3.14. The van der Waals surface area contributed by atoms with Crippen LogP contribution < -0.4 is 5.32 Å². The highest BCUT2D eigenvalue weighted by atomic mass is 35.5. The van der Waals surface area contributed by atoms with Gasteiger partial charge in [0.05, 0.1) is 10.6 Å². The summed E-state index contributed by atoms with van der Waals surface area (Å²) >= 11 is 5.98. The molecular weight excluding hydrogens is 288 g/mol. The van der Waals surface area contributed by atoms with E-state index in [0.717, 1.165) is 0 Å². The van der Waals surface area contributed by atoms with Crippen molar-refractivity contribution < 1.29 is 9.59 Å². The summed E-state index contributed by atoms with van der Waals surface area (Å²) in [5.74, 6) is -0.369. The molecule has 0 unspecified atom stereocenters. The lowest BCUT2D eigenvalue weighted by Crippen LogP contribution is -2.21. The number of halogens is 1. The molecule has 0 aliphatic carbocycles. The van der Waals surface area contributed by atoms with Gasteiger partial charge in [0.25, 0.3) is 11.8 Å². The normalized spacial score (nSPS) is 10.0. The highest BCUT2D eigenvalue weighted by Gasteiger charge is 2.11. The average molecular weight is 303 g/mol. The molecule has 0 spiro atoms. The van der Waals surface area contributed by atoms with Gasteiger partial charge in [-0.05, 0) is 36.4 Å². The van der Waals surface area contributed by atoms with E-state index in [4.69, 9.17) is 11.6 Å². The zero-order valence-electron chi connectivity index (χ0n) is 11.8. The largest absolute Gasteiger partial charge is 0.345 e. The summed E-state index contributed by atoms with van der Waals surface area (Å²) in [6, 6.07) is 13.5. The van der Waals surface area contributed by atoms with Crippen molar-refractivity contribution in [2.24, 2.45) is 0 Å². The Kier molecular flexibility index (Phi) is 4.60. The van der Waals surface area contributed by atoms with Crippen LogP contribution in [0.2, 0.25) is 5.02 Å². The van der Waals surface area contributed by atoms with Gasteiger partial charge in [-0.25, -0.2) is 0 Å². The molecule has 0 bridgehead atoms. The molecule has 0 saturated carbocycles. The maximum Gasteiger partial charge on any atom is 0.257 e. The SMILES string of the molecule is CN(C)C(=O)c1ccc(NC(=O)c2ccccc2Cl)cc1. The molecule has 0 heterocycles. The van der Waals surface area contributed by atoms with Gasteiger partial charge in [-0.15, -0.1) is 0 Å². The Labute approximate surface area is 128 Å². The maximum absolute atomic E-state index is 12.1. The van der Waals surface area contributed by atoms with Crippen LogP contribution in [-0.4, -0.2) is 30.8 Å². The molecule has 2 amide bonds. The second kappa shape index (κ2) is 6.41. The molecule has 2 rings (SSSR count). The van der Waals surface area contributed by atoms with Gasteiger partial charge in [0.2, 0.25) is 0 Å². The molecule has 2 aromatic carbocycles. The van der Waals surface area contributed by atoms with E-state index in [9.17, 15) is 9.59 Å². The van der Waals surface area contributed by atoms with Crippen molar-refractivity contribution in [1.29, 1.82) is 0 Å². The van der Waals surface area contributed by atoms with E-state index < -0.39 is 0 Å². The van der Waals surface area contributed by atoms with Crippen LogP contribution in [0.4, 0.5) is 5.69 Å². The summed E-state index contributed by atoms with van der Waals surface area (Å²) in [5.41, 5.74) is 1.58. The van der Waals surface area contributed by atoms with E-state index in [1.807, 2.05) is 0 Å². The van der Waals surface area contributed by atoms with Gasteiger partial charge in [0.1, 0.15) is 0 Å². The van der Waals surface area contributed by atoms with Gasteiger partial charge in [-0.1, -0.05) is 23.7 Å². The Balaban J connectivity index is 2.12. The minimum atomic E-state index is -0.285. The molecule has 0 radical (unpaired) electrons. The minimum absolute atomic E-state index is 0.0843. The summed E-state index contributed by atoms with van der Waals surface area (Å²) in [6.07, 6.45) is 0. The number of hydrogen-bond donors (Lipinski definition) is 1. The number of rotatable bonds is 3. The molecule has 0 aliphatic heterocycles. The van der Waals surface area contributed by atoms with Crippen molar-refractivity contribution in [3.8, 4) is 0 Å². The number of benzene rings is 2. The Morgan fingerprint density at radius 3 is 2.19 bits per heavy atom. The number of nitrogens with one attached hydrogen (secondary N) is 1. The smallest absolute Gasteiger partial charge is 0.257 e. The standard InChI is InChI=1S/C16H15ClN2O2/c1-19(2)16(21)11-7-9-12(10-8-11)18-15(20)13-5-3-4-6-14(13)17/h3-10H,1-2H3,(H,18,20). The van der Waals surface area contributed by atoms with Gasteiger partial charge < -0.3 is 10.2 Å². The van der Waals surface area contributed by atoms with Crippen LogP contribution in [0.15, 0.2) is 48.5 Å². The molecule has 0 aromatic heterocycles. The Hall–Kier alpha value is -2.33. The number of nitrogens with zero attached hydrogens (tertiary/aromatic N) is 1. The fourth-order valence-electron chi connectivity index (χ4n) is 1.80.